The molecule has 0 bridgehead atoms. The molecule has 0 spiro atoms. The van der Waals surface area contributed by atoms with E-state index in [1.807, 2.05) is 12.1 Å². The van der Waals surface area contributed by atoms with Gasteiger partial charge >= 0.3 is 0 Å². The Labute approximate surface area is 340 Å². The summed E-state index contributed by atoms with van der Waals surface area (Å²) in [7, 11) is 0. The van der Waals surface area contributed by atoms with Crippen LogP contribution in [0.2, 0.25) is 0 Å². The maximum Gasteiger partial charge on any atom is 0.143 e. The summed E-state index contributed by atoms with van der Waals surface area (Å²) in [5, 5.41) is 9.29. The van der Waals surface area contributed by atoms with Crippen molar-refractivity contribution in [2.45, 2.75) is 0 Å². The fourth-order valence-electron chi connectivity index (χ4n) is 9.09. The average Bonchev–Trinajstić information content (AvgIpc) is 3.88. The molecule has 0 fully saturated rings. The number of hydrogen-bond acceptors (Lipinski definition) is 3. The van der Waals surface area contributed by atoms with E-state index in [0.29, 0.717) is 0 Å². The van der Waals surface area contributed by atoms with Gasteiger partial charge < -0.3 is 13.7 Å². The number of rotatable bonds is 6. The van der Waals surface area contributed by atoms with Crippen molar-refractivity contribution in [2.75, 3.05) is 4.90 Å². The molecule has 10 aromatic carbocycles. The first-order valence-electron chi connectivity index (χ1n) is 20.1. The molecule has 0 atom stereocenters. The number of fused-ring (bicyclic) bond motifs is 9. The van der Waals surface area contributed by atoms with Gasteiger partial charge in [-0.15, -0.1) is 0 Å². The van der Waals surface area contributed by atoms with Gasteiger partial charge in [0.25, 0.3) is 0 Å². The molecule has 12 aromatic rings. The van der Waals surface area contributed by atoms with Gasteiger partial charge in [0.05, 0.1) is 5.69 Å². The third kappa shape index (κ3) is 5.44. The molecular weight excluding hydrogens is 719 g/mol. The van der Waals surface area contributed by atoms with E-state index in [4.69, 9.17) is 8.83 Å². The van der Waals surface area contributed by atoms with Crippen LogP contribution < -0.4 is 4.90 Å². The molecule has 276 valence electrons. The van der Waals surface area contributed by atoms with E-state index in [0.717, 1.165) is 88.6 Å². The Morgan fingerprint density at radius 1 is 0.305 bits per heavy atom. The first kappa shape index (κ1) is 33.3. The summed E-state index contributed by atoms with van der Waals surface area (Å²) in [6.07, 6.45) is 0. The van der Waals surface area contributed by atoms with Gasteiger partial charge in [0.15, 0.2) is 0 Å². The molecule has 0 aliphatic carbocycles. The molecule has 3 heteroatoms. The monoisotopic (exact) mass is 753 g/mol. The van der Waals surface area contributed by atoms with Crippen LogP contribution in [0.4, 0.5) is 17.1 Å². The first-order valence-corrected chi connectivity index (χ1v) is 20.1. The number of nitrogens with zero attached hydrogens (tertiary/aromatic N) is 1. The normalized spacial score (nSPS) is 11.7. The molecule has 0 saturated carbocycles. The lowest BCUT2D eigenvalue weighted by Gasteiger charge is -2.28. The van der Waals surface area contributed by atoms with Crippen LogP contribution in [0.15, 0.2) is 221 Å². The highest BCUT2D eigenvalue weighted by Gasteiger charge is 2.20. The number of benzene rings is 10. The van der Waals surface area contributed by atoms with Gasteiger partial charge in [0, 0.05) is 43.9 Å². The first-order chi connectivity index (χ1) is 29.2. The van der Waals surface area contributed by atoms with Crippen LogP contribution in [0.5, 0.6) is 0 Å². The number of para-hydroxylation sites is 2. The molecule has 2 aromatic heterocycles. The molecule has 59 heavy (non-hydrogen) atoms. The Bertz CT molecular complexity index is 3550. The summed E-state index contributed by atoms with van der Waals surface area (Å²) in [6, 6.07) is 75.8. The van der Waals surface area contributed by atoms with Crippen molar-refractivity contribution < 1.29 is 8.83 Å². The SMILES string of the molecule is c1ccc(N(c2ccc(-c3cccc4ccccc34)cc2)c2ccc(-c3cccc4oc5c6ccccc6ccc5c34)cc2)c(-c2ccc3c(c2)oc2ccccc23)c1. The minimum Gasteiger partial charge on any atom is -0.456 e. The molecule has 12 rings (SSSR count). The van der Waals surface area contributed by atoms with E-state index in [1.54, 1.807) is 0 Å². The van der Waals surface area contributed by atoms with Crippen molar-refractivity contribution in [3.8, 4) is 33.4 Å². The van der Waals surface area contributed by atoms with Gasteiger partial charge in [-0.1, -0.05) is 152 Å². The minimum absolute atomic E-state index is 0.878. The van der Waals surface area contributed by atoms with E-state index in [-0.39, 0.29) is 0 Å². The van der Waals surface area contributed by atoms with Crippen molar-refractivity contribution in [2.24, 2.45) is 0 Å². The van der Waals surface area contributed by atoms with Crippen molar-refractivity contribution >= 4 is 82.5 Å². The van der Waals surface area contributed by atoms with Gasteiger partial charge in [0.2, 0.25) is 0 Å². The van der Waals surface area contributed by atoms with Gasteiger partial charge in [-0.2, -0.15) is 0 Å². The lowest BCUT2D eigenvalue weighted by molar-refractivity contribution is 0.669. The third-order valence-corrected chi connectivity index (χ3v) is 11.9. The van der Waals surface area contributed by atoms with Gasteiger partial charge in [-0.25, -0.2) is 0 Å². The highest BCUT2D eigenvalue weighted by molar-refractivity contribution is 6.19. The quantitative estimate of drug-likeness (QED) is 0.169. The highest BCUT2D eigenvalue weighted by Crippen LogP contribution is 2.45. The van der Waals surface area contributed by atoms with E-state index in [1.165, 1.54) is 27.3 Å². The van der Waals surface area contributed by atoms with Crippen molar-refractivity contribution in [3.05, 3.63) is 212 Å². The predicted octanol–water partition coefficient (Wildman–Crippen LogP) is 16.3. The highest BCUT2D eigenvalue weighted by atomic mass is 16.3. The molecule has 0 amide bonds. The average molecular weight is 754 g/mol. The van der Waals surface area contributed by atoms with Crippen LogP contribution in [0.25, 0.3) is 98.8 Å². The lowest BCUT2D eigenvalue weighted by Crippen LogP contribution is -2.11. The van der Waals surface area contributed by atoms with Gasteiger partial charge in [-0.3, -0.25) is 0 Å². The Kier molecular flexibility index (Phi) is 7.54. The molecule has 2 heterocycles. The Hall–Kier alpha value is -7.88. The van der Waals surface area contributed by atoms with Crippen molar-refractivity contribution in [1.29, 1.82) is 0 Å². The second-order valence-electron chi connectivity index (χ2n) is 15.2. The minimum atomic E-state index is 0.878. The standard InChI is InChI=1S/C56H35NO2/c1-3-14-43-36(11-1)13-9-18-44(43)38-23-29-41(30-24-38)57(51-20-7-5-15-45(51)40-28-33-49-48-17-6-8-21-52(48)58-54(49)35-40)42-31-25-39(26-32-42)46-19-10-22-53-55(46)50-34-27-37-12-2-4-16-47(37)56(50)59-53/h1-35H. The molecule has 0 unspecified atom stereocenters. The second kappa shape index (κ2) is 13.4. The van der Waals surface area contributed by atoms with Gasteiger partial charge in [0.1, 0.15) is 22.3 Å². The van der Waals surface area contributed by atoms with Crippen LogP contribution in [-0.2, 0) is 0 Å². The lowest BCUT2D eigenvalue weighted by atomic mass is 9.96. The van der Waals surface area contributed by atoms with Crippen molar-refractivity contribution in [3.63, 3.8) is 0 Å². The smallest absolute Gasteiger partial charge is 0.143 e. The zero-order valence-corrected chi connectivity index (χ0v) is 32.0. The van der Waals surface area contributed by atoms with E-state index < -0.39 is 0 Å². The predicted molar refractivity (Wildman–Crippen MR) is 247 cm³/mol. The maximum absolute atomic E-state index is 6.55. The largest absolute Gasteiger partial charge is 0.456 e. The van der Waals surface area contributed by atoms with Crippen LogP contribution in [-0.4, -0.2) is 0 Å². The maximum atomic E-state index is 6.55. The van der Waals surface area contributed by atoms with Gasteiger partial charge in [-0.05, 0) is 105 Å². The second-order valence-corrected chi connectivity index (χ2v) is 15.2. The Morgan fingerprint density at radius 3 is 1.66 bits per heavy atom. The zero-order chi connectivity index (χ0) is 38.9. The summed E-state index contributed by atoms with van der Waals surface area (Å²) < 4.78 is 12.9. The summed E-state index contributed by atoms with van der Waals surface area (Å²) in [5.41, 5.74) is 13.7. The van der Waals surface area contributed by atoms with Crippen LogP contribution in [0, 0.1) is 0 Å². The van der Waals surface area contributed by atoms with Crippen LogP contribution in [0.3, 0.4) is 0 Å². The van der Waals surface area contributed by atoms with Crippen LogP contribution >= 0.6 is 0 Å². The molecular formula is C56H35NO2. The van der Waals surface area contributed by atoms with E-state index in [9.17, 15) is 0 Å². The molecule has 3 nitrogen and oxygen atoms in total. The van der Waals surface area contributed by atoms with E-state index >= 15 is 0 Å². The number of hydrogen-bond donors (Lipinski definition) is 0. The summed E-state index contributed by atoms with van der Waals surface area (Å²) in [5.74, 6) is 0. The molecule has 0 saturated heterocycles. The molecule has 0 N–H and O–H groups in total. The molecule has 0 aliphatic heterocycles. The van der Waals surface area contributed by atoms with Crippen LogP contribution in [0.1, 0.15) is 0 Å². The van der Waals surface area contributed by atoms with Crippen molar-refractivity contribution in [1.82, 2.24) is 0 Å². The zero-order valence-electron chi connectivity index (χ0n) is 32.0. The third-order valence-electron chi connectivity index (χ3n) is 11.9. The Morgan fingerprint density at radius 2 is 0.847 bits per heavy atom. The fraction of sp³-hybridized carbons (Fsp3) is 0. The Balaban J connectivity index is 1.00. The molecule has 0 radical (unpaired) electrons. The topological polar surface area (TPSA) is 29.5 Å². The number of furan rings is 2. The number of anilines is 3. The fourth-order valence-corrected chi connectivity index (χ4v) is 9.09. The summed E-state index contributed by atoms with van der Waals surface area (Å²) in [4.78, 5) is 2.37. The summed E-state index contributed by atoms with van der Waals surface area (Å²) in [6.45, 7) is 0. The summed E-state index contributed by atoms with van der Waals surface area (Å²) >= 11 is 0. The molecule has 0 aliphatic rings. The van der Waals surface area contributed by atoms with E-state index in [2.05, 4.69) is 205 Å².